The molecule has 0 saturated carbocycles. The number of nitrogens with zero attached hydrogens (tertiary/aromatic N) is 1. The highest BCUT2D eigenvalue weighted by molar-refractivity contribution is 8.06. The smallest absolute Gasteiger partial charge is 0.319 e. The van der Waals surface area contributed by atoms with Crippen molar-refractivity contribution in [3.8, 4) is 33.4 Å². The molecule has 0 aliphatic rings. The molecule has 3 N–H and O–H groups in total. The molecule has 0 fully saturated rings. The van der Waals surface area contributed by atoms with Gasteiger partial charge in [0.15, 0.2) is 0 Å². The van der Waals surface area contributed by atoms with Gasteiger partial charge < -0.3 is 14.7 Å². The Morgan fingerprint density at radius 2 is 1.03 bits per heavy atom. The third-order valence-corrected chi connectivity index (χ3v) is 4.56. The molecular formula is C25H20NO4PS. The molecule has 4 aromatic rings. The van der Waals surface area contributed by atoms with Crippen LogP contribution in [0.3, 0.4) is 0 Å². The van der Waals surface area contributed by atoms with Crippen LogP contribution in [-0.2, 0) is 16.6 Å². The fraction of sp³-hybridized carbons (Fsp3) is 0. The van der Waals surface area contributed by atoms with Gasteiger partial charge in [-0.3, -0.25) is 0 Å². The summed E-state index contributed by atoms with van der Waals surface area (Å²) in [5, 5.41) is 0. The number of isocyanates is 1. The van der Waals surface area contributed by atoms with E-state index in [0.29, 0.717) is 5.69 Å². The zero-order valence-electron chi connectivity index (χ0n) is 16.9. The third-order valence-electron chi connectivity index (χ3n) is 4.56. The van der Waals surface area contributed by atoms with E-state index in [1.165, 1.54) is 0 Å². The first-order valence-corrected chi connectivity index (χ1v) is 12.2. The second-order valence-corrected chi connectivity index (χ2v) is 9.19. The van der Waals surface area contributed by atoms with Crippen LogP contribution in [0.4, 0.5) is 5.69 Å². The molecule has 0 atom stereocenters. The molecule has 0 aliphatic carbocycles. The van der Waals surface area contributed by atoms with Crippen LogP contribution >= 0.6 is 6.72 Å². The topological polar surface area (TPSA) is 90.1 Å². The summed E-state index contributed by atoms with van der Waals surface area (Å²) in [6.45, 7) is -3.81. The monoisotopic (exact) mass is 461 g/mol. The van der Waals surface area contributed by atoms with E-state index >= 15 is 0 Å². The maximum absolute atomic E-state index is 11.1. The van der Waals surface area contributed by atoms with Crippen molar-refractivity contribution < 1.29 is 19.5 Å². The van der Waals surface area contributed by atoms with Crippen LogP contribution in [0, 0.1) is 0 Å². The highest BCUT2D eigenvalue weighted by Gasteiger charge is 2.17. The Kier molecular flexibility index (Phi) is 7.98. The number of rotatable bonds is 4. The van der Waals surface area contributed by atoms with Gasteiger partial charge in [-0.15, -0.1) is 0 Å². The fourth-order valence-electron chi connectivity index (χ4n) is 3.39. The highest BCUT2D eigenvalue weighted by Crippen LogP contribution is 2.45. The van der Waals surface area contributed by atoms with Gasteiger partial charge in [0.05, 0.1) is 5.69 Å². The largest absolute Gasteiger partial charge is 0.325 e. The average molecular weight is 461 g/mol. The SMILES string of the molecule is O=C=Nc1ccc(-c2ccccc2)c(-c2ccccc2)c1-c1ccccc1.OP(O)(O)=S. The zero-order chi connectivity index (χ0) is 23.0. The highest BCUT2D eigenvalue weighted by atomic mass is 32.5. The van der Waals surface area contributed by atoms with E-state index < -0.39 is 6.72 Å². The molecule has 4 aromatic carbocycles. The quantitative estimate of drug-likeness (QED) is 0.202. The Morgan fingerprint density at radius 1 is 0.625 bits per heavy atom. The maximum atomic E-state index is 11.1. The average Bonchev–Trinajstić information content (AvgIpc) is 2.79. The van der Waals surface area contributed by atoms with Gasteiger partial charge in [0.25, 0.3) is 0 Å². The standard InChI is InChI=1S/C25H17NO.H3O3PS/c27-18-26-23-17-16-22(19-10-4-1-5-11-19)24(20-12-6-2-7-13-20)25(23)21-14-8-3-9-15-21;1-4(2,3)5/h1-17H;(H3,1,2,3,5). The molecule has 0 unspecified atom stereocenters. The van der Waals surface area contributed by atoms with Gasteiger partial charge in [-0.1, -0.05) is 97.1 Å². The lowest BCUT2D eigenvalue weighted by Gasteiger charge is -2.18. The summed E-state index contributed by atoms with van der Waals surface area (Å²) in [6.07, 6.45) is 1.71. The van der Waals surface area contributed by atoms with E-state index in [1.54, 1.807) is 6.08 Å². The first-order chi connectivity index (χ1) is 15.4. The zero-order valence-corrected chi connectivity index (χ0v) is 18.6. The van der Waals surface area contributed by atoms with Crippen LogP contribution in [0.15, 0.2) is 108 Å². The second kappa shape index (κ2) is 10.9. The Balaban J connectivity index is 0.000000523. The summed E-state index contributed by atoms with van der Waals surface area (Å²) >= 11 is 3.60. The molecule has 4 rings (SSSR count). The van der Waals surface area contributed by atoms with E-state index in [2.05, 4.69) is 41.1 Å². The lowest BCUT2D eigenvalue weighted by atomic mass is 9.86. The summed E-state index contributed by atoms with van der Waals surface area (Å²) in [6, 6.07) is 34.5. The molecule has 32 heavy (non-hydrogen) atoms. The third kappa shape index (κ3) is 6.39. The van der Waals surface area contributed by atoms with Gasteiger partial charge >= 0.3 is 6.72 Å². The van der Waals surface area contributed by atoms with Crippen LogP contribution in [0.25, 0.3) is 33.4 Å². The first kappa shape index (κ1) is 23.5. The van der Waals surface area contributed by atoms with E-state index in [4.69, 9.17) is 14.7 Å². The molecule has 160 valence electrons. The normalized spacial score (nSPS) is 10.5. The summed E-state index contributed by atoms with van der Waals surface area (Å²) in [5.41, 5.74) is 6.94. The summed E-state index contributed by atoms with van der Waals surface area (Å²) in [7, 11) is 0. The second-order valence-electron chi connectivity index (χ2n) is 6.70. The maximum Gasteiger partial charge on any atom is 0.319 e. The summed E-state index contributed by atoms with van der Waals surface area (Å²) in [5.74, 6) is 0. The van der Waals surface area contributed by atoms with Crippen molar-refractivity contribution in [2.75, 3.05) is 0 Å². The molecule has 0 saturated heterocycles. The minimum Gasteiger partial charge on any atom is -0.325 e. The Morgan fingerprint density at radius 3 is 1.47 bits per heavy atom. The van der Waals surface area contributed by atoms with E-state index in [0.717, 1.165) is 33.4 Å². The van der Waals surface area contributed by atoms with Crippen molar-refractivity contribution in [1.29, 1.82) is 0 Å². The van der Waals surface area contributed by atoms with Crippen molar-refractivity contribution >= 4 is 30.3 Å². The van der Waals surface area contributed by atoms with E-state index in [9.17, 15) is 4.79 Å². The van der Waals surface area contributed by atoms with Gasteiger partial charge in [0.2, 0.25) is 6.08 Å². The first-order valence-electron chi connectivity index (χ1n) is 9.58. The molecule has 0 aromatic heterocycles. The number of aliphatic imine (C=N–C) groups is 1. The molecular weight excluding hydrogens is 441 g/mol. The van der Waals surface area contributed by atoms with Gasteiger partial charge in [0.1, 0.15) is 0 Å². The van der Waals surface area contributed by atoms with Crippen molar-refractivity contribution in [3.63, 3.8) is 0 Å². The van der Waals surface area contributed by atoms with Crippen molar-refractivity contribution in [2.45, 2.75) is 0 Å². The van der Waals surface area contributed by atoms with Crippen LogP contribution in [0.5, 0.6) is 0 Å². The van der Waals surface area contributed by atoms with Crippen LogP contribution in [-0.4, -0.2) is 20.8 Å². The minimum absolute atomic E-state index is 0.620. The molecule has 0 spiro atoms. The van der Waals surface area contributed by atoms with E-state index in [-0.39, 0.29) is 0 Å². The van der Waals surface area contributed by atoms with Crippen molar-refractivity contribution in [1.82, 2.24) is 0 Å². The number of hydrogen-bond donors (Lipinski definition) is 3. The van der Waals surface area contributed by atoms with Crippen molar-refractivity contribution in [3.05, 3.63) is 103 Å². The van der Waals surface area contributed by atoms with Gasteiger partial charge in [0, 0.05) is 5.56 Å². The Hall–Kier alpha value is -3.21. The Bertz CT molecular complexity index is 1260. The predicted molar refractivity (Wildman–Crippen MR) is 131 cm³/mol. The van der Waals surface area contributed by atoms with Crippen LogP contribution < -0.4 is 0 Å². The van der Waals surface area contributed by atoms with E-state index in [1.807, 2.05) is 78.9 Å². The van der Waals surface area contributed by atoms with Gasteiger partial charge in [-0.05, 0) is 45.7 Å². The van der Waals surface area contributed by atoms with Crippen LogP contribution in [0.1, 0.15) is 0 Å². The molecule has 0 heterocycles. The predicted octanol–water partition coefficient (Wildman–Crippen LogP) is 5.84. The molecule has 0 radical (unpaired) electrons. The summed E-state index contributed by atoms with van der Waals surface area (Å²) < 4.78 is 0. The molecule has 0 amide bonds. The van der Waals surface area contributed by atoms with Gasteiger partial charge in [-0.2, -0.15) is 4.99 Å². The lowest BCUT2D eigenvalue weighted by Crippen LogP contribution is -1.91. The molecule has 0 aliphatic heterocycles. The minimum atomic E-state index is -3.81. The lowest BCUT2D eigenvalue weighted by molar-refractivity contribution is 0.363. The number of hydrogen-bond acceptors (Lipinski definition) is 3. The number of benzene rings is 4. The Labute approximate surface area is 191 Å². The van der Waals surface area contributed by atoms with Crippen molar-refractivity contribution in [2.24, 2.45) is 4.99 Å². The molecule has 5 nitrogen and oxygen atoms in total. The summed E-state index contributed by atoms with van der Waals surface area (Å²) in [4.78, 5) is 37.7. The van der Waals surface area contributed by atoms with Crippen LogP contribution in [0.2, 0.25) is 0 Å². The molecule has 0 bridgehead atoms. The van der Waals surface area contributed by atoms with Gasteiger partial charge in [-0.25, -0.2) is 4.79 Å². The molecule has 7 heteroatoms. The number of carbonyl (C=O) groups excluding carboxylic acids is 1. The fourth-order valence-corrected chi connectivity index (χ4v) is 3.39.